The van der Waals surface area contributed by atoms with Crippen LogP contribution in [0, 0.1) is 11.8 Å². The van der Waals surface area contributed by atoms with Crippen LogP contribution >= 0.6 is 0 Å². The van der Waals surface area contributed by atoms with Crippen LogP contribution in [0.5, 0.6) is 0 Å². The van der Waals surface area contributed by atoms with Crippen LogP contribution in [0.3, 0.4) is 0 Å². The molecule has 9 heteroatoms. The van der Waals surface area contributed by atoms with Gasteiger partial charge in [0.2, 0.25) is 0 Å². The minimum Gasteiger partial charge on any atom is -1.00 e. The molecule has 50 heavy (non-hydrogen) atoms. The van der Waals surface area contributed by atoms with Crippen molar-refractivity contribution in [2.24, 2.45) is 11.8 Å². The topological polar surface area (TPSA) is 6.48 Å². The van der Waals surface area contributed by atoms with Crippen molar-refractivity contribution in [3.05, 3.63) is 124 Å². The van der Waals surface area contributed by atoms with Crippen molar-refractivity contribution in [2.75, 3.05) is 9.80 Å². The Morgan fingerprint density at radius 1 is 0.500 bits per heavy atom. The fourth-order valence-electron chi connectivity index (χ4n) is 8.16. The molecule has 0 spiro atoms. The summed E-state index contributed by atoms with van der Waals surface area (Å²) in [6.07, 6.45) is 11.0. The number of hydrogen-bond acceptors (Lipinski definition) is 2. The number of anilines is 2. The molecule has 2 aliphatic heterocycles. The monoisotopic (exact) mass is 850 g/mol. The Morgan fingerprint density at radius 3 is 1.08 bits per heavy atom. The van der Waals surface area contributed by atoms with Gasteiger partial charge in [-0.25, -0.2) is 0 Å². The van der Waals surface area contributed by atoms with E-state index in [9.17, 15) is 0 Å². The fraction of sp³-hybridized carbons (Fsp3) is 0.390. The summed E-state index contributed by atoms with van der Waals surface area (Å²) < 4.78 is 5.52. The van der Waals surface area contributed by atoms with Crippen molar-refractivity contribution in [1.82, 2.24) is 0 Å². The third kappa shape index (κ3) is 7.41. The first-order chi connectivity index (χ1) is 22.2. The van der Waals surface area contributed by atoms with E-state index < -0.39 is 53.6 Å². The second-order valence-corrected chi connectivity index (χ2v) is 45.6. The first kappa shape index (κ1) is 41.4. The summed E-state index contributed by atoms with van der Waals surface area (Å²) in [5, 5.41) is 6.70. The van der Waals surface area contributed by atoms with E-state index in [4.69, 9.17) is 0 Å². The molecule has 2 nitrogen and oxygen atoms in total. The van der Waals surface area contributed by atoms with E-state index in [-0.39, 0.29) is 24.8 Å². The molecular weight excluding hydrogens is 795 g/mol. The predicted octanol–water partition coefficient (Wildman–Crippen LogP) is 5.68. The first-order valence-electron chi connectivity index (χ1n) is 18.0. The van der Waals surface area contributed by atoms with E-state index in [1.54, 1.807) is 35.6 Å². The van der Waals surface area contributed by atoms with E-state index in [2.05, 4.69) is 187 Å². The molecule has 4 aliphatic rings. The van der Waals surface area contributed by atoms with Crippen molar-refractivity contribution >= 4 is 46.9 Å². The van der Waals surface area contributed by atoms with Gasteiger partial charge < -0.3 is 24.8 Å². The molecule has 6 rings (SSSR count). The zero-order chi connectivity index (χ0) is 35.1. The van der Waals surface area contributed by atoms with Crippen LogP contribution in [0.25, 0.3) is 0 Å². The van der Waals surface area contributed by atoms with Crippen LogP contribution in [0.2, 0.25) is 78.6 Å². The van der Waals surface area contributed by atoms with Crippen molar-refractivity contribution in [2.45, 2.75) is 92.4 Å². The molecule has 2 aliphatic carbocycles. The standard InChI is InChI=1S/2C19H26NSi2.C3H6.2ClH.Zr/c2*1-21(2,3)17-12-15-13-19(22(4,5)6)20(18(15)14-17)16-10-8-7-9-11-16;1-3-2;;;/h2*7-11,13-15H,1-6H3;1-2H3;2*1H;/q;;;;;+2/p-2. The van der Waals surface area contributed by atoms with E-state index >= 15 is 0 Å². The van der Waals surface area contributed by atoms with Gasteiger partial charge in [-0.3, -0.25) is 0 Å². The summed E-state index contributed by atoms with van der Waals surface area (Å²) in [4.78, 5) is 5.41. The maximum atomic E-state index is 2.77. The normalized spacial score (nSPS) is 20.3. The SMILES string of the molecule is C[C](C)=[Zr+2]([C]1=C([Si](C)(C)C)C=C2C1C=C([Si](C)(C)C)N2c1ccccc1)[C]1=C([Si](C)(C)C)C=C2C1C=C([Si](C)(C)C)N2c1ccccc1.[Cl-].[Cl-]. The Bertz CT molecular complexity index is 1740. The van der Waals surface area contributed by atoms with Gasteiger partial charge in [-0.2, -0.15) is 0 Å². The predicted molar refractivity (Wildman–Crippen MR) is 221 cm³/mol. The van der Waals surface area contributed by atoms with Crippen molar-refractivity contribution in [1.29, 1.82) is 0 Å². The number of halogens is 2. The zero-order valence-corrected chi connectivity index (χ0v) is 40.9. The summed E-state index contributed by atoms with van der Waals surface area (Å²) in [6, 6.07) is 22.5. The maximum Gasteiger partial charge on any atom is -1.00 e. The van der Waals surface area contributed by atoms with Crippen molar-refractivity contribution < 1.29 is 46.1 Å². The summed E-state index contributed by atoms with van der Waals surface area (Å²) in [6.45, 7) is 35.9. The fourth-order valence-corrected chi connectivity index (χ4v) is 29.2. The van der Waals surface area contributed by atoms with Gasteiger partial charge in [0.25, 0.3) is 0 Å². The quantitative estimate of drug-likeness (QED) is 0.316. The average Bonchev–Trinajstić information content (AvgIpc) is 3.71. The summed E-state index contributed by atoms with van der Waals surface area (Å²) in [7, 11) is -6.64. The maximum absolute atomic E-state index is 2.77. The number of benzene rings is 2. The van der Waals surface area contributed by atoms with Crippen LogP contribution in [0.15, 0.2) is 124 Å². The molecule has 0 radical (unpaired) electrons. The van der Waals surface area contributed by atoms with Gasteiger partial charge in [-0.05, 0) is 0 Å². The molecular formula is C41H58Cl2N2Si4Zr. The molecule has 0 saturated heterocycles. The Hall–Kier alpha value is -1.32. The van der Waals surface area contributed by atoms with Gasteiger partial charge in [0.1, 0.15) is 0 Å². The van der Waals surface area contributed by atoms with Gasteiger partial charge in [-0.15, -0.1) is 0 Å². The molecule has 2 aromatic rings. The van der Waals surface area contributed by atoms with Crippen molar-refractivity contribution in [3.8, 4) is 0 Å². The second-order valence-electron chi connectivity index (χ2n) is 18.6. The number of hydrogen-bond donors (Lipinski definition) is 0. The Labute approximate surface area is 328 Å². The third-order valence-electron chi connectivity index (χ3n) is 10.3. The average molecular weight is 853 g/mol. The number of para-hydroxylation sites is 2. The molecule has 0 bridgehead atoms. The number of allylic oxidation sites excluding steroid dienone is 6. The molecule has 2 heterocycles. The van der Waals surface area contributed by atoms with E-state index in [0.717, 1.165) is 0 Å². The summed E-state index contributed by atoms with van der Waals surface area (Å²) in [5.74, 6) is 0.814. The van der Waals surface area contributed by atoms with Gasteiger partial charge in [0.15, 0.2) is 0 Å². The van der Waals surface area contributed by atoms with Crippen LogP contribution < -0.4 is 34.6 Å². The Morgan fingerprint density at radius 2 is 0.820 bits per heavy atom. The molecule has 0 fully saturated rings. The minimum atomic E-state index is -2.61. The summed E-state index contributed by atoms with van der Waals surface area (Å²) in [5.41, 5.74) is 5.76. The van der Waals surface area contributed by atoms with Crippen LogP contribution in [0.4, 0.5) is 11.4 Å². The molecule has 2 aromatic carbocycles. The van der Waals surface area contributed by atoms with Crippen LogP contribution in [0.1, 0.15) is 13.8 Å². The van der Waals surface area contributed by atoms with Crippen LogP contribution in [-0.4, -0.2) is 35.5 Å². The first-order valence-corrected chi connectivity index (χ1v) is 35.7. The summed E-state index contributed by atoms with van der Waals surface area (Å²) >= 11 is -2.61. The molecule has 0 aromatic heterocycles. The third-order valence-corrected chi connectivity index (χ3v) is 27.4. The smallest absolute Gasteiger partial charge is 1.00 e. The largest absolute Gasteiger partial charge is 1.00 e. The molecule has 0 saturated carbocycles. The molecule has 0 N–H and O–H groups in total. The van der Waals surface area contributed by atoms with E-state index in [0.29, 0.717) is 11.8 Å². The molecule has 0 amide bonds. The van der Waals surface area contributed by atoms with Gasteiger partial charge in [0.05, 0.1) is 0 Å². The van der Waals surface area contributed by atoms with E-state index in [1.165, 1.54) is 11.4 Å². The second kappa shape index (κ2) is 14.5. The number of rotatable bonds is 8. The van der Waals surface area contributed by atoms with E-state index in [1.807, 2.05) is 6.56 Å². The van der Waals surface area contributed by atoms with Gasteiger partial charge >= 0.3 is 306 Å². The van der Waals surface area contributed by atoms with Crippen molar-refractivity contribution in [3.63, 3.8) is 0 Å². The number of fused-ring (bicyclic) bond motifs is 2. The van der Waals surface area contributed by atoms with Gasteiger partial charge in [0, 0.05) is 0 Å². The zero-order valence-electron chi connectivity index (χ0n) is 32.9. The van der Waals surface area contributed by atoms with Gasteiger partial charge in [-0.1, -0.05) is 0 Å². The molecule has 2 atom stereocenters. The molecule has 266 valence electrons. The van der Waals surface area contributed by atoms with Crippen LogP contribution in [-0.2, 0) is 21.3 Å². The Kier molecular flexibility index (Phi) is 12.0. The minimum absolute atomic E-state index is 0. The molecule has 2 unspecified atom stereocenters. The Balaban J connectivity index is 0.00000281. The number of nitrogens with zero attached hydrogens (tertiary/aromatic N) is 2.